The van der Waals surface area contributed by atoms with Crippen molar-refractivity contribution >= 4 is 11.6 Å². The highest BCUT2D eigenvalue weighted by molar-refractivity contribution is 6.04. The Balaban J connectivity index is 2.20. The Morgan fingerprint density at radius 1 is 1.33 bits per heavy atom. The molecular weight excluding hydrogens is 269 g/mol. The molecule has 3 N–H and O–H groups in total. The number of aromatic nitrogens is 1. The fraction of sp³-hybridized carbons (Fsp3) is 0.125. The van der Waals surface area contributed by atoms with Crippen LogP contribution in [0.4, 0.5) is 10.1 Å². The maximum atomic E-state index is 13.3. The van der Waals surface area contributed by atoms with Crippen LogP contribution < -0.4 is 11.1 Å². The molecule has 5 heteroatoms. The summed E-state index contributed by atoms with van der Waals surface area (Å²) >= 11 is 0. The van der Waals surface area contributed by atoms with Crippen LogP contribution in [0.5, 0.6) is 0 Å². The van der Waals surface area contributed by atoms with Crippen molar-refractivity contribution in [2.24, 2.45) is 5.73 Å². The highest BCUT2D eigenvalue weighted by atomic mass is 19.1. The van der Waals surface area contributed by atoms with Crippen LogP contribution in [-0.2, 0) is 0 Å². The third-order valence-electron chi connectivity index (χ3n) is 2.64. The zero-order valence-corrected chi connectivity index (χ0v) is 11.5. The Hall–Kier alpha value is -2.71. The molecule has 0 saturated carbocycles. The molecule has 0 atom stereocenters. The van der Waals surface area contributed by atoms with Gasteiger partial charge < -0.3 is 11.1 Å². The van der Waals surface area contributed by atoms with Gasteiger partial charge >= 0.3 is 0 Å². The molecule has 2 rings (SSSR count). The van der Waals surface area contributed by atoms with E-state index in [4.69, 9.17) is 5.73 Å². The minimum atomic E-state index is -0.397. The quantitative estimate of drug-likeness (QED) is 0.829. The van der Waals surface area contributed by atoms with Crippen molar-refractivity contribution in [2.75, 3.05) is 11.9 Å². The highest BCUT2D eigenvalue weighted by Crippen LogP contribution is 2.14. The van der Waals surface area contributed by atoms with Crippen LogP contribution in [0.3, 0.4) is 0 Å². The zero-order valence-electron chi connectivity index (χ0n) is 11.5. The lowest BCUT2D eigenvalue weighted by molar-refractivity contribution is 0.102. The van der Waals surface area contributed by atoms with E-state index >= 15 is 0 Å². The SMILES string of the molecule is Cc1cc(F)cc(NC(=O)c2cncc(C#CCN)c2)c1. The van der Waals surface area contributed by atoms with E-state index in [1.54, 1.807) is 25.3 Å². The number of rotatable bonds is 2. The summed E-state index contributed by atoms with van der Waals surface area (Å²) in [4.78, 5) is 16.1. The topological polar surface area (TPSA) is 68.0 Å². The summed E-state index contributed by atoms with van der Waals surface area (Å²) in [7, 11) is 0. The minimum absolute atomic E-state index is 0.235. The van der Waals surface area contributed by atoms with Crippen LogP contribution in [0.1, 0.15) is 21.5 Å². The number of carbonyl (C=O) groups excluding carboxylic acids is 1. The van der Waals surface area contributed by atoms with E-state index in [0.717, 1.165) is 5.56 Å². The van der Waals surface area contributed by atoms with Crippen molar-refractivity contribution < 1.29 is 9.18 Å². The maximum Gasteiger partial charge on any atom is 0.257 e. The van der Waals surface area contributed by atoms with Gasteiger partial charge in [0, 0.05) is 23.6 Å². The van der Waals surface area contributed by atoms with Gasteiger partial charge in [-0.25, -0.2) is 4.39 Å². The van der Waals surface area contributed by atoms with Crippen molar-refractivity contribution in [1.82, 2.24) is 4.98 Å². The molecule has 1 heterocycles. The van der Waals surface area contributed by atoms with Gasteiger partial charge in [0.05, 0.1) is 12.1 Å². The largest absolute Gasteiger partial charge is 0.322 e. The van der Waals surface area contributed by atoms with E-state index in [1.807, 2.05) is 0 Å². The first-order valence-electron chi connectivity index (χ1n) is 6.31. The summed E-state index contributed by atoms with van der Waals surface area (Å²) in [6.07, 6.45) is 2.97. The van der Waals surface area contributed by atoms with Gasteiger partial charge in [0.2, 0.25) is 0 Å². The van der Waals surface area contributed by atoms with E-state index in [0.29, 0.717) is 16.8 Å². The predicted octanol–water partition coefficient (Wildman–Crippen LogP) is 2.09. The lowest BCUT2D eigenvalue weighted by Gasteiger charge is -2.06. The summed E-state index contributed by atoms with van der Waals surface area (Å²) in [5.74, 6) is 4.73. The number of halogens is 1. The van der Waals surface area contributed by atoms with Crippen LogP contribution in [-0.4, -0.2) is 17.4 Å². The van der Waals surface area contributed by atoms with Gasteiger partial charge in [0.1, 0.15) is 5.82 Å². The lowest BCUT2D eigenvalue weighted by Crippen LogP contribution is -2.12. The molecule has 0 aliphatic carbocycles. The number of benzene rings is 1. The number of aryl methyl sites for hydroxylation is 1. The first-order chi connectivity index (χ1) is 10.1. The molecule has 4 nitrogen and oxygen atoms in total. The molecule has 0 aliphatic rings. The molecule has 1 aromatic carbocycles. The summed E-state index contributed by atoms with van der Waals surface area (Å²) in [6.45, 7) is 1.99. The van der Waals surface area contributed by atoms with Gasteiger partial charge in [-0.1, -0.05) is 11.8 Å². The number of amides is 1. The van der Waals surface area contributed by atoms with E-state index in [2.05, 4.69) is 22.1 Å². The number of nitrogens with two attached hydrogens (primary N) is 1. The Morgan fingerprint density at radius 3 is 2.86 bits per heavy atom. The van der Waals surface area contributed by atoms with Crippen LogP contribution in [0, 0.1) is 24.6 Å². The van der Waals surface area contributed by atoms with Crippen LogP contribution in [0.25, 0.3) is 0 Å². The summed E-state index contributed by atoms with van der Waals surface area (Å²) < 4.78 is 13.3. The van der Waals surface area contributed by atoms with E-state index < -0.39 is 5.82 Å². The number of hydrogen-bond donors (Lipinski definition) is 2. The smallest absolute Gasteiger partial charge is 0.257 e. The number of hydrogen-bond acceptors (Lipinski definition) is 3. The second kappa shape index (κ2) is 6.64. The fourth-order valence-electron chi connectivity index (χ4n) is 1.80. The average molecular weight is 283 g/mol. The number of nitrogens with zero attached hydrogens (tertiary/aromatic N) is 1. The third kappa shape index (κ3) is 4.13. The van der Waals surface area contributed by atoms with Gasteiger partial charge in [-0.2, -0.15) is 0 Å². The molecule has 0 aliphatic heterocycles. The minimum Gasteiger partial charge on any atom is -0.322 e. The van der Waals surface area contributed by atoms with Crippen LogP contribution >= 0.6 is 0 Å². The summed E-state index contributed by atoms with van der Waals surface area (Å²) in [5, 5.41) is 2.63. The lowest BCUT2D eigenvalue weighted by atomic mass is 10.1. The normalized spacial score (nSPS) is 9.67. The van der Waals surface area contributed by atoms with E-state index in [-0.39, 0.29) is 12.5 Å². The van der Waals surface area contributed by atoms with E-state index in [1.165, 1.54) is 18.3 Å². The Bertz CT molecular complexity index is 712. The van der Waals surface area contributed by atoms with Crippen molar-refractivity contribution in [1.29, 1.82) is 0 Å². The van der Waals surface area contributed by atoms with Crippen molar-refractivity contribution in [3.05, 3.63) is 59.2 Å². The monoisotopic (exact) mass is 283 g/mol. The first-order valence-corrected chi connectivity index (χ1v) is 6.31. The van der Waals surface area contributed by atoms with Gasteiger partial charge in [-0.3, -0.25) is 9.78 Å². The molecule has 0 unspecified atom stereocenters. The number of anilines is 1. The second-order valence-corrected chi connectivity index (χ2v) is 4.44. The van der Waals surface area contributed by atoms with Gasteiger partial charge in [0.15, 0.2) is 0 Å². The van der Waals surface area contributed by atoms with Gasteiger partial charge in [0.25, 0.3) is 5.91 Å². The Labute approximate surface area is 122 Å². The van der Waals surface area contributed by atoms with Crippen LogP contribution in [0.2, 0.25) is 0 Å². The van der Waals surface area contributed by atoms with Crippen molar-refractivity contribution in [3.8, 4) is 11.8 Å². The first kappa shape index (κ1) is 14.7. The molecule has 1 aromatic heterocycles. The van der Waals surface area contributed by atoms with Crippen molar-refractivity contribution in [3.63, 3.8) is 0 Å². The molecule has 2 aromatic rings. The zero-order chi connectivity index (χ0) is 15.2. The Morgan fingerprint density at radius 2 is 2.14 bits per heavy atom. The fourth-order valence-corrected chi connectivity index (χ4v) is 1.80. The standard InChI is InChI=1S/C16H14FN3O/c1-11-5-14(17)8-15(6-11)20-16(21)13-7-12(3-2-4-18)9-19-10-13/h5-10H,4,18H2,1H3,(H,20,21). The third-order valence-corrected chi connectivity index (χ3v) is 2.64. The van der Waals surface area contributed by atoms with E-state index in [9.17, 15) is 9.18 Å². The molecule has 0 radical (unpaired) electrons. The number of pyridine rings is 1. The maximum absolute atomic E-state index is 13.3. The number of carbonyl (C=O) groups is 1. The molecule has 0 saturated heterocycles. The molecule has 0 fully saturated rings. The summed E-state index contributed by atoms with van der Waals surface area (Å²) in [6, 6.07) is 5.94. The van der Waals surface area contributed by atoms with Gasteiger partial charge in [-0.15, -0.1) is 0 Å². The average Bonchev–Trinajstić information content (AvgIpc) is 2.44. The van der Waals surface area contributed by atoms with Gasteiger partial charge in [-0.05, 0) is 36.8 Å². The van der Waals surface area contributed by atoms with Crippen molar-refractivity contribution in [2.45, 2.75) is 6.92 Å². The summed E-state index contributed by atoms with van der Waals surface area (Å²) in [5.41, 5.74) is 7.37. The predicted molar refractivity (Wildman–Crippen MR) is 79.3 cm³/mol. The van der Waals surface area contributed by atoms with Crippen LogP contribution in [0.15, 0.2) is 36.7 Å². The molecule has 21 heavy (non-hydrogen) atoms. The number of nitrogens with one attached hydrogen (secondary N) is 1. The molecule has 0 bridgehead atoms. The molecule has 1 amide bonds. The Kier molecular flexibility index (Phi) is 4.64. The molecule has 0 spiro atoms. The molecular formula is C16H14FN3O. The molecule has 106 valence electrons. The highest BCUT2D eigenvalue weighted by Gasteiger charge is 2.08. The second-order valence-electron chi connectivity index (χ2n) is 4.44.